The fraction of sp³-hybridized carbons (Fsp3) is 1.00. The van der Waals surface area contributed by atoms with Crippen LogP contribution in [-0.4, -0.2) is 67.8 Å². The number of hydrogen-bond donors (Lipinski definition) is 0. The number of hydrogen-bond acceptors (Lipinski definition) is 4. The largest absolute Gasteiger partial charge is 0.375 e. The van der Waals surface area contributed by atoms with Gasteiger partial charge in [-0.3, -0.25) is 0 Å². The molecule has 6 heteroatoms. The highest BCUT2D eigenvalue weighted by Gasteiger charge is 2.46. The lowest BCUT2D eigenvalue weighted by Crippen LogP contribution is -2.49. The van der Waals surface area contributed by atoms with Gasteiger partial charge < -0.3 is 9.64 Å². The van der Waals surface area contributed by atoms with E-state index in [2.05, 4.69) is 4.90 Å². The van der Waals surface area contributed by atoms with Crippen LogP contribution in [0.1, 0.15) is 51.4 Å². The molecule has 0 aromatic carbocycles. The normalized spacial score (nSPS) is 37.3. The van der Waals surface area contributed by atoms with Crippen LogP contribution < -0.4 is 0 Å². The Morgan fingerprint density at radius 1 is 0.913 bits per heavy atom. The summed E-state index contributed by atoms with van der Waals surface area (Å²) in [6, 6.07) is 0.368. The first-order chi connectivity index (χ1) is 11.0. The second-order valence-corrected chi connectivity index (χ2v) is 10.0. The van der Waals surface area contributed by atoms with Gasteiger partial charge in [0.2, 0.25) is 10.0 Å². The maximum atomic E-state index is 12.0. The summed E-state index contributed by atoms with van der Waals surface area (Å²) in [4.78, 5) is 2.60. The van der Waals surface area contributed by atoms with Gasteiger partial charge in [-0.2, -0.15) is 4.31 Å². The zero-order chi connectivity index (χ0) is 16.0. The second-order valence-electron chi connectivity index (χ2n) is 8.15. The Morgan fingerprint density at radius 2 is 1.52 bits per heavy atom. The molecule has 0 amide bonds. The summed E-state index contributed by atoms with van der Waals surface area (Å²) in [5.41, 5.74) is 0. The number of likely N-dealkylation sites (tertiary alicyclic amines) is 1. The number of rotatable bonds is 5. The zero-order valence-electron chi connectivity index (χ0n) is 14.2. The fourth-order valence-electron chi connectivity index (χ4n) is 4.90. The van der Waals surface area contributed by atoms with Gasteiger partial charge in [0.25, 0.3) is 0 Å². The maximum Gasteiger partial charge on any atom is 0.211 e. The molecule has 23 heavy (non-hydrogen) atoms. The lowest BCUT2D eigenvalue weighted by Gasteiger charge is -2.40. The highest BCUT2D eigenvalue weighted by Crippen LogP contribution is 2.39. The zero-order valence-corrected chi connectivity index (χ0v) is 15.0. The van der Waals surface area contributed by atoms with E-state index < -0.39 is 10.0 Å². The first-order valence-electron chi connectivity index (χ1n) is 9.35. The predicted molar refractivity (Wildman–Crippen MR) is 89.8 cm³/mol. The highest BCUT2D eigenvalue weighted by atomic mass is 32.2. The van der Waals surface area contributed by atoms with Crippen molar-refractivity contribution in [2.45, 2.75) is 75.7 Å². The average Bonchev–Trinajstić information content (AvgIpc) is 3.24. The Balaban J connectivity index is 1.27. The summed E-state index contributed by atoms with van der Waals surface area (Å²) in [6.07, 6.45) is 11.0. The van der Waals surface area contributed by atoms with E-state index >= 15 is 0 Å². The molecule has 1 unspecified atom stereocenters. The molecule has 3 aliphatic heterocycles. The molecule has 3 atom stereocenters. The van der Waals surface area contributed by atoms with Crippen molar-refractivity contribution in [2.24, 2.45) is 5.92 Å². The predicted octanol–water partition coefficient (Wildman–Crippen LogP) is 1.83. The summed E-state index contributed by atoms with van der Waals surface area (Å²) in [7, 11) is -3.06. The lowest BCUT2D eigenvalue weighted by atomic mass is 10.0. The molecule has 0 radical (unpaired) electrons. The average molecular weight is 343 g/mol. The molecule has 0 spiro atoms. The Hall–Kier alpha value is -0.170. The van der Waals surface area contributed by atoms with E-state index in [4.69, 9.17) is 4.74 Å². The minimum absolute atomic E-state index is 0.184. The van der Waals surface area contributed by atoms with E-state index in [0.717, 1.165) is 44.4 Å². The summed E-state index contributed by atoms with van der Waals surface area (Å²) in [5.74, 6) is 0.975. The van der Waals surface area contributed by atoms with E-state index in [-0.39, 0.29) is 18.2 Å². The molecule has 4 rings (SSSR count). The topological polar surface area (TPSA) is 49.9 Å². The standard InChI is InChI=1S/C17H30N2O3S/c1-23(20,21)19-14-4-5-15(19)11-17(10-14)22-16-6-8-18(9-7-16)12-13-2-3-13/h13-17H,2-12H2,1H3/t14-,15+,17?. The summed E-state index contributed by atoms with van der Waals surface area (Å²) >= 11 is 0. The summed E-state index contributed by atoms with van der Waals surface area (Å²) < 4.78 is 32.1. The number of piperidine rings is 2. The van der Waals surface area contributed by atoms with Crippen molar-refractivity contribution in [3.05, 3.63) is 0 Å². The number of ether oxygens (including phenoxy) is 1. The van der Waals surface area contributed by atoms with Gasteiger partial charge in [-0.15, -0.1) is 0 Å². The molecule has 1 saturated carbocycles. The molecule has 0 aromatic heterocycles. The second kappa shape index (κ2) is 6.28. The molecule has 3 saturated heterocycles. The van der Waals surface area contributed by atoms with Crippen molar-refractivity contribution in [3.63, 3.8) is 0 Å². The van der Waals surface area contributed by atoms with Gasteiger partial charge in [0, 0.05) is 31.7 Å². The molecule has 0 N–H and O–H groups in total. The van der Waals surface area contributed by atoms with Crippen LogP contribution in [0.2, 0.25) is 0 Å². The van der Waals surface area contributed by atoms with Crippen LogP contribution in [0.4, 0.5) is 0 Å². The third-order valence-electron chi connectivity index (χ3n) is 6.14. The molecule has 0 aromatic rings. The van der Waals surface area contributed by atoms with Crippen LogP contribution in [0.5, 0.6) is 0 Å². The molecule has 3 heterocycles. The Bertz CT molecular complexity index is 512. The number of fused-ring (bicyclic) bond motifs is 2. The van der Waals surface area contributed by atoms with Crippen LogP contribution in [0.3, 0.4) is 0 Å². The van der Waals surface area contributed by atoms with Crippen LogP contribution in [0.25, 0.3) is 0 Å². The van der Waals surface area contributed by atoms with Gasteiger partial charge in [-0.05, 0) is 57.3 Å². The van der Waals surface area contributed by atoms with E-state index in [1.54, 1.807) is 4.31 Å². The third kappa shape index (κ3) is 3.75. The van der Waals surface area contributed by atoms with E-state index in [1.165, 1.54) is 38.7 Å². The Kier molecular flexibility index (Phi) is 4.45. The Labute approximate surface area is 140 Å². The smallest absolute Gasteiger partial charge is 0.211 e. The van der Waals surface area contributed by atoms with Crippen molar-refractivity contribution in [2.75, 3.05) is 25.9 Å². The maximum absolute atomic E-state index is 12.0. The molecule has 1 aliphatic carbocycles. The van der Waals surface area contributed by atoms with Crippen LogP contribution in [-0.2, 0) is 14.8 Å². The van der Waals surface area contributed by atoms with Crippen molar-refractivity contribution >= 4 is 10.0 Å². The minimum atomic E-state index is -3.06. The summed E-state index contributed by atoms with van der Waals surface area (Å²) in [5, 5.41) is 0. The van der Waals surface area contributed by atoms with Crippen molar-refractivity contribution < 1.29 is 13.2 Å². The van der Waals surface area contributed by atoms with Gasteiger partial charge >= 0.3 is 0 Å². The fourth-order valence-corrected chi connectivity index (χ4v) is 6.37. The molecule has 132 valence electrons. The van der Waals surface area contributed by atoms with Crippen LogP contribution in [0, 0.1) is 5.92 Å². The first kappa shape index (κ1) is 16.3. The molecule has 2 bridgehead atoms. The van der Waals surface area contributed by atoms with Gasteiger partial charge in [-0.1, -0.05) is 0 Å². The number of sulfonamides is 1. The van der Waals surface area contributed by atoms with Crippen molar-refractivity contribution in [1.82, 2.24) is 9.21 Å². The van der Waals surface area contributed by atoms with Crippen molar-refractivity contribution in [1.29, 1.82) is 0 Å². The summed E-state index contributed by atoms with van der Waals surface area (Å²) in [6.45, 7) is 3.65. The van der Waals surface area contributed by atoms with Gasteiger partial charge in [0.05, 0.1) is 18.5 Å². The van der Waals surface area contributed by atoms with E-state index in [9.17, 15) is 8.42 Å². The molecule has 5 nitrogen and oxygen atoms in total. The van der Waals surface area contributed by atoms with E-state index in [0.29, 0.717) is 6.10 Å². The lowest BCUT2D eigenvalue weighted by molar-refractivity contribution is -0.0691. The highest BCUT2D eigenvalue weighted by molar-refractivity contribution is 7.88. The number of nitrogens with zero attached hydrogens (tertiary/aromatic N) is 2. The Morgan fingerprint density at radius 3 is 2.04 bits per heavy atom. The quantitative estimate of drug-likeness (QED) is 0.765. The SMILES string of the molecule is CS(=O)(=O)N1[C@@H]2CC[C@H]1CC(OC1CCN(CC3CC3)CC1)C2. The minimum Gasteiger partial charge on any atom is -0.375 e. The van der Waals surface area contributed by atoms with E-state index in [1.807, 2.05) is 0 Å². The molecule has 4 aliphatic rings. The monoisotopic (exact) mass is 342 g/mol. The molecular formula is C17H30N2O3S. The van der Waals surface area contributed by atoms with Crippen LogP contribution >= 0.6 is 0 Å². The third-order valence-corrected chi connectivity index (χ3v) is 7.50. The van der Waals surface area contributed by atoms with Gasteiger partial charge in [0.15, 0.2) is 0 Å². The first-order valence-corrected chi connectivity index (χ1v) is 11.2. The molecular weight excluding hydrogens is 312 g/mol. The van der Waals surface area contributed by atoms with Crippen molar-refractivity contribution in [3.8, 4) is 0 Å². The van der Waals surface area contributed by atoms with Crippen LogP contribution in [0.15, 0.2) is 0 Å². The molecule has 4 fully saturated rings. The van der Waals surface area contributed by atoms with Gasteiger partial charge in [-0.25, -0.2) is 8.42 Å². The van der Waals surface area contributed by atoms with Gasteiger partial charge in [0.1, 0.15) is 0 Å².